The highest BCUT2D eigenvalue weighted by Crippen LogP contribution is 2.36. The molecule has 4 rings (SSSR count). The van der Waals surface area contributed by atoms with E-state index in [9.17, 15) is 15.3 Å². The molecule has 0 unspecified atom stereocenters. The van der Waals surface area contributed by atoms with Crippen LogP contribution >= 0.6 is 22.9 Å². The summed E-state index contributed by atoms with van der Waals surface area (Å²) < 4.78 is 3.03. The van der Waals surface area contributed by atoms with Gasteiger partial charge in [0.25, 0.3) is 5.91 Å². The molecule has 0 radical (unpaired) electrons. The summed E-state index contributed by atoms with van der Waals surface area (Å²) in [4.78, 5) is 12.8. The van der Waals surface area contributed by atoms with Crippen molar-refractivity contribution in [3.8, 4) is 17.1 Å². The van der Waals surface area contributed by atoms with Crippen molar-refractivity contribution in [2.75, 3.05) is 5.32 Å². The van der Waals surface area contributed by atoms with Crippen molar-refractivity contribution in [2.45, 2.75) is 20.8 Å². The monoisotopic (exact) mass is 470 g/mol. The lowest BCUT2D eigenvalue weighted by atomic mass is 10.1. The number of benzene rings is 2. The van der Waals surface area contributed by atoms with Crippen LogP contribution in [0.5, 0.6) is 0 Å². The number of hydrogen-bond acceptors (Lipinski definition) is 4. The molecule has 0 saturated heterocycles. The lowest BCUT2D eigenvalue weighted by Crippen LogP contribution is -2.14. The zero-order chi connectivity index (χ0) is 23.7. The molecule has 0 atom stereocenters. The third-order valence-electron chi connectivity index (χ3n) is 5.47. The molecule has 2 aromatic carbocycles. The third kappa shape index (κ3) is 4.15. The molecule has 5 nitrogen and oxygen atoms in total. The Bertz CT molecular complexity index is 1530. The zero-order valence-electron chi connectivity index (χ0n) is 18.2. The fraction of sp³-hybridized carbons (Fsp3) is 0.115. The van der Waals surface area contributed by atoms with E-state index >= 15 is 0 Å². The summed E-state index contributed by atoms with van der Waals surface area (Å²) in [5.74, 6) is -0.507. The predicted octanol–water partition coefficient (Wildman–Crippen LogP) is 6.69. The maximum Gasteiger partial charge on any atom is 0.266 e. The summed E-state index contributed by atoms with van der Waals surface area (Å²) in [5, 5.41) is 24.5. The Kier molecular flexibility index (Phi) is 6.07. The number of hydrogen-bond donors (Lipinski definition) is 1. The maximum atomic E-state index is 12.8. The molecule has 0 saturated carbocycles. The first-order valence-corrected chi connectivity index (χ1v) is 11.3. The summed E-state index contributed by atoms with van der Waals surface area (Å²) in [6.45, 7) is 5.71. The summed E-state index contributed by atoms with van der Waals surface area (Å²) >= 11 is 7.58. The summed E-state index contributed by atoms with van der Waals surface area (Å²) in [6.07, 6.45) is 1.58. The number of nitrogens with one attached hydrogen (secondary N) is 1. The van der Waals surface area contributed by atoms with Crippen LogP contribution < -0.4 is 5.32 Å². The number of nitriles is 2. The minimum absolute atomic E-state index is 0.0218. The number of carbonyl (C=O) groups excluding carboxylic acids is 1. The number of carbonyl (C=O) groups is 1. The first kappa shape index (κ1) is 22.4. The average molecular weight is 471 g/mol. The van der Waals surface area contributed by atoms with Gasteiger partial charge in [0.2, 0.25) is 0 Å². The van der Waals surface area contributed by atoms with Gasteiger partial charge in [-0.3, -0.25) is 4.79 Å². The molecule has 162 valence electrons. The Balaban J connectivity index is 1.75. The van der Waals surface area contributed by atoms with Crippen LogP contribution in [0.25, 0.3) is 21.2 Å². The van der Waals surface area contributed by atoms with E-state index in [1.54, 1.807) is 35.6 Å². The highest BCUT2D eigenvalue weighted by molar-refractivity contribution is 7.21. The molecule has 4 aromatic rings. The van der Waals surface area contributed by atoms with Crippen LogP contribution in [0.3, 0.4) is 0 Å². The smallest absolute Gasteiger partial charge is 0.266 e. The van der Waals surface area contributed by atoms with E-state index < -0.39 is 5.91 Å². The number of anilines is 1. The molecular weight excluding hydrogens is 452 g/mol. The first-order chi connectivity index (χ1) is 15.8. The van der Waals surface area contributed by atoms with Crippen LogP contribution in [0.1, 0.15) is 28.1 Å². The van der Waals surface area contributed by atoms with E-state index in [1.165, 1.54) is 0 Å². The molecule has 0 aliphatic heterocycles. The minimum Gasteiger partial charge on any atom is -0.321 e. The number of amides is 1. The van der Waals surface area contributed by atoms with Gasteiger partial charge in [0.05, 0.1) is 5.56 Å². The summed E-state index contributed by atoms with van der Waals surface area (Å²) in [7, 11) is 0. The lowest BCUT2D eigenvalue weighted by molar-refractivity contribution is -0.112. The molecule has 0 bridgehead atoms. The van der Waals surface area contributed by atoms with Crippen molar-refractivity contribution in [3.05, 3.63) is 87.2 Å². The summed E-state index contributed by atoms with van der Waals surface area (Å²) in [6, 6.07) is 19.3. The highest BCUT2D eigenvalue weighted by atomic mass is 35.5. The first-order valence-electron chi connectivity index (χ1n) is 10.1. The molecule has 2 heterocycles. The third-order valence-corrected chi connectivity index (χ3v) is 6.87. The van der Waals surface area contributed by atoms with Crippen molar-refractivity contribution in [1.82, 2.24) is 4.57 Å². The molecule has 1 N–H and O–H groups in total. The molecule has 0 aliphatic carbocycles. The van der Waals surface area contributed by atoms with Crippen LogP contribution in [-0.2, 0) is 4.79 Å². The topological polar surface area (TPSA) is 81.6 Å². The normalized spacial score (nSPS) is 11.3. The van der Waals surface area contributed by atoms with Gasteiger partial charge < -0.3 is 9.88 Å². The molecule has 2 aromatic heterocycles. The van der Waals surface area contributed by atoms with E-state index in [0.29, 0.717) is 16.3 Å². The van der Waals surface area contributed by atoms with E-state index in [2.05, 4.69) is 11.4 Å². The average Bonchev–Trinajstić information content (AvgIpc) is 3.29. The number of fused-ring (bicyclic) bond motifs is 1. The largest absolute Gasteiger partial charge is 0.321 e. The highest BCUT2D eigenvalue weighted by Gasteiger charge is 2.19. The zero-order valence-corrected chi connectivity index (χ0v) is 19.8. The van der Waals surface area contributed by atoms with Gasteiger partial charge in [-0.15, -0.1) is 11.3 Å². The van der Waals surface area contributed by atoms with Gasteiger partial charge in [0.1, 0.15) is 22.7 Å². The fourth-order valence-electron chi connectivity index (χ4n) is 3.77. The Morgan fingerprint density at radius 2 is 1.88 bits per heavy atom. The Morgan fingerprint density at radius 1 is 1.12 bits per heavy atom. The van der Waals surface area contributed by atoms with E-state index in [4.69, 9.17) is 11.6 Å². The van der Waals surface area contributed by atoms with Crippen LogP contribution in [-0.4, -0.2) is 10.5 Å². The molecule has 1 amide bonds. The number of halogens is 1. The number of nitrogens with zero attached hydrogens (tertiary/aromatic N) is 3. The molecule has 0 fully saturated rings. The molecular formula is C26H19ClN4OS. The van der Waals surface area contributed by atoms with Crippen molar-refractivity contribution >= 4 is 50.7 Å². The lowest BCUT2D eigenvalue weighted by Gasteiger charge is -2.09. The Morgan fingerprint density at radius 3 is 2.61 bits per heavy atom. The predicted molar refractivity (Wildman–Crippen MR) is 134 cm³/mol. The van der Waals surface area contributed by atoms with Crippen molar-refractivity contribution in [2.24, 2.45) is 0 Å². The van der Waals surface area contributed by atoms with E-state index in [-0.39, 0.29) is 5.57 Å². The molecule has 33 heavy (non-hydrogen) atoms. The van der Waals surface area contributed by atoms with Gasteiger partial charge >= 0.3 is 0 Å². The second-order valence-electron chi connectivity index (χ2n) is 7.64. The van der Waals surface area contributed by atoms with Crippen molar-refractivity contribution < 1.29 is 4.79 Å². The van der Waals surface area contributed by atoms with Gasteiger partial charge in [0, 0.05) is 32.2 Å². The van der Waals surface area contributed by atoms with Crippen LogP contribution in [0, 0.1) is 43.4 Å². The van der Waals surface area contributed by atoms with Crippen LogP contribution in [0.2, 0.25) is 5.02 Å². The number of aromatic nitrogens is 1. The Hall–Kier alpha value is -3.84. The van der Waals surface area contributed by atoms with Crippen LogP contribution in [0.15, 0.2) is 54.1 Å². The minimum atomic E-state index is -0.507. The molecule has 0 spiro atoms. The van der Waals surface area contributed by atoms with Crippen molar-refractivity contribution in [1.29, 1.82) is 10.5 Å². The van der Waals surface area contributed by atoms with Gasteiger partial charge in [-0.05, 0) is 62.2 Å². The number of rotatable bonds is 4. The van der Waals surface area contributed by atoms with E-state index in [1.807, 2.05) is 61.7 Å². The maximum absolute atomic E-state index is 12.8. The van der Waals surface area contributed by atoms with Gasteiger partial charge in [0.15, 0.2) is 0 Å². The van der Waals surface area contributed by atoms with Crippen molar-refractivity contribution in [3.63, 3.8) is 0 Å². The van der Waals surface area contributed by atoms with Gasteiger partial charge in [-0.2, -0.15) is 10.5 Å². The summed E-state index contributed by atoms with van der Waals surface area (Å²) in [5.41, 5.74) is 4.48. The van der Waals surface area contributed by atoms with Crippen LogP contribution in [0.4, 0.5) is 5.69 Å². The molecule has 0 aliphatic rings. The van der Waals surface area contributed by atoms with Gasteiger partial charge in [-0.1, -0.05) is 35.9 Å². The Labute approximate surface area is 200 Å². The second-order valence-corrected chi connectivity index (χ2v) is 9.10. The van der Waals surface area contributed by atoms with Gasteiger partial charge in [-0.25, -0.2) is 0 Å². The molecule has 7 heteroatoms. The number of aryl methyl sites for hydroxylation is 2. The number of thiophene rings is 1. The standard InChI is InChI=1S/C26H19ClN4OS/c1-15-8-9-20(27)12-23(15)30-25(32)19(13-28)11-18-10-16(2)31(17(18)3)26-22(14-29)21-6-4-5-7-24(21)33-26/h4-12H,1-3H3,(H,30,32)/b19-11+. The van der Waals surface area contributed by atoms with E-state index in [0.717, 1.165) is 37.6 Å². The SMILES string of the molecule is Cc1ccc(Cl)cc1NC(=O)/C(C#N)=C/c1cc(C)n(-c2sc3ccccc3c2C#N)c1C. The fourth-order valence-corrected chi connectivity index (χ4v) is 5.20. The second kappa shape index (κ2) is 8.96. The quantitative estimate of drug-likeness (QED) is 0.266.